The van der Waals surface area contributed by atoms with E-state index in [0.29, 0.717) is 6.54 Å². The molecule has 1 amide bonds. The lowest BCUT2D eigenvalue weighted by molar-refractivity contribution is -0.123. The van der Waals surface area contributed by atoms with Crippen LogP contribution in [0.2, 0.25) is 0 Å². The molecule has 20 heavy (non-hydrogen) atoms. The molecule has 0 saturated carbocycles. The van der Waals surface area contributed by atoms with Crippen molar-refractivity contribution in [3.63, 3.8) is 0 Å². The van der Waals surface area contributed by atoms with Crippen LogP contribution in [0.25, 0.3) is 0 Å². The van der Waals surface area contributed by atoms with E-state index in [1.54, 1.807) is 6.92 Å². The SMILES string of the molecule is CC(CS(C)(=O)=O)NC(=O)C1CNCc2ccccc21. The third-order valence-corrected chi connectivity index (χ3v) is 4.46. The molecule has 1 aliphatic heterocycles. The molecule has 0 saturated heterocycles. The van der Waals surface area contributed by atoms with Crippen molar-refractivity contribution in [2.24, 2.45) is 0 Å². The van der Waals surface area contributed by atoms with E-state index in [0.717, 1.165) is 17.7 Å². The first kappa shape index (κ1) is 15.0. The largest absolute Gasteiger partial charge is 0.352 e. The third-order valence-electron chi connectivity index (χ3n) is 3.35. The lowest BCUT2D eigenvalue weighted by Gasteiger charge is -2.26. The van der Waals surface area contributed by atoms with Crippen molar-refractivity contribution in [1.82, 2.24) is 10.6 Å². The van der Waals surface area contributed by atoms with Crippen molar-refractivity contribution >= 4 is 15.7 Å². The summed E-state index contributed by atoms with van der Waals surface area (Å²) < 4.78 is 22.5. The number of hydrogen-bond acceptors (Lipinski definition) is 4. The molecule has 2 atom stereocenters. The Morgan fingerprint density at radius 2 is 2.15 bits per heavy atom. The molecule has 6 heteroatoms. The predicted octanol–water partition coefficient (Wildman–Crippen LogP) is 0.423. The fourth-order valence-corrected chi connectivity index (χ4v) is 3.56. The summed E-state index contributed by atoms with van der Waals surface area (Å²) in [6.45, 7) is 3.05. The van der Waals surface area contributed by atoms with Crippen molar-refractivity contribution < 1.29 is 13.2 Å². The first-order valence-corrected chi connectivity index (χ1v) is 8.69. The molecular formula is C14H20N2O3S. The van der Waals surface area contributed by atoms with Crippen LogP contribution < -0.4 is 10.6 Å². The Bertz CT molecular complexity index is 598. The van der Waals surface area contributed by atoms with Crippen LogP contribution in [-0.4, -0.2) is 38.9 Å². The number of carbonyl (C=O) groups is 1. The molecule has 1 aromatic rings. The van der Waals surface area contributed by atoms with Gasteiger partial charge in [-0.2, -0.15) is 0 Å². The standard InChI is InChI=1S/C14H20N2O3S/c1-10(9-20(2,18)19)16-14(17)13-8-15-7-11-5-3-4-6-12(11)13/h3-6,10,13,15H,7-9H2,1-2H3,(H,16,17). The molecule has 110 valence electrons. The van der Waals surface area contributed by atoms with Gasteiger partial charge in [0.25, 0.3) is 0 Å². The van der Waals surface area contributed by atoms with Crippen LogP contribution >= 0.6 is 0 Å². The monoisotopic (exact) mass is 296 g/mol. The fourth-order valence-electron chi connectivity index (χ4n) is 2.57. The van der Waals surface area contributed by atoms with Gasteiger partial charge in [-0.1, -0.05) is 24.3 Å². The maximum absolute atomic E-state index is 12.3. The molecule has 0 bridgehead atoms. The van der Waals surface area contributed by atoms with Crippen molar-refractivity contribution in [1.29, 1.82) is 0 Å². The molecule has 1 aliphatic rings. The average molecular weight is 296 g/mol. The Morgan fingerprint density at radius 1 is 1.45 bits per heavy atom. The molecule has 0 fully saturated rings. The summed E-state index contributed by atoms with van der Waals surface area (Å²) in [5.74, 6) is -0.427. The van der Waals surface area contributed by atoms with E-state index in [4.69, 9.17) is 0 Å². The van der Waals surface area contributed by atoms with Gasteiger partial charge in [-0.25, -0.2) is 8.42 Å². The average Bonchev–Trinajstić information content (AvgIpc) is 2.35. The number of rotatable bonds is 4. The zero-order chi connectivity index (χ0) is 14.8. The third kappa shape index (κ3) is 3.80. The van der Waals surface area contributed by atoms with E-state index < -0.39 is 9.84 Å². The van der Waals surface area contributed by atoms with Crippen molar-refractivity contribution in [2.75, 3.05) is 18.6 Å². The van der Waals surface area contributed by atoms with Gasteiger partial charge in [0.1, 0.15) is 9.84 Å². The number of amides is 1. The van der Waals surface area contributed by atoms with E-state index in [-0.39, 0.29) is 23.6 Å². The Kier molecular flexibility index (Phi) is 4.45. The number of sulfone groups is 1. The zero-order valence-corrected chi connectivity index (χ0v) is 12.5. The second kappa shape index (κ2) is 5.93. The van der Waals surface area contributed by atoms with Crippen molar-refractivity contribution in [3.8, 4) is 0 Å². The van der Waals surface area contributed by atoms with E-state index in [1.165, 1.54) is 6.26 Å². The number of hydrogen-bond donors (Lipinski definition) is 2. The quantitative estimate of drug-likeness (QED) is 0.844. The molecule has 2 unspecified atom stereocenters. The van der Waals surface area contributed by atoms with E-state index in [1.807, 2.05) is 24.3 Å². The van der Waals surface area contributed by atoms with Gasteiger partial charge in [0.2, 0.25) is 5.91 Å². The van der Waals surface area contributed by atoms with Crippen LogP contribution in [0.5, 0.6) is 0 Å². The van der Waals surface area contributed by atoms with Gasteiger partial charge in [0, 0.05) is 25.4 Å². The number of nitrogens with one attached hydrogen (secondary N) is 2. The Morgan fingerprint density at radius 3 is 2.85 bits per heavy atom. The summed E-state index contributed by atoms with van der Waals surface area (Å²) in [6, 6.07) is 7.45. The molecule has 2 rings (SSSR count). The first-order valence-electron chi connectivity index (χ1n) is 6.63. The number of fused-ring (bicyclic) bond motifs is 1. The molecule has 1 aromatic carbocycles. The molecule has 2 N–H and O–H groups in total. The van der Waals surface area contributed by atoms with Crippen LogP contribution in [0.3, 0.4) is 0 Å². The highest BCUT2D eigenvalue weighted by Gasteiger charge is 2.27. The van der Waals surface area contributed by atoms with Crippen LogP contribution in [0.1, 0.15) is 24.0 Å². The first-order chi connectivity index (χ1) is 9.37. The second-order valence-electron chi connectivity index (χ2n) is 5.38. The summed E-state index contributed by atoms with van der Waals surface area (Å²) in [5, 5.41) is 6.00. The van der Waals surface area contributed by atoms with Gasteiger partial charge >= 0.3 is 0 Å². The Balaban J connectivity index is 2.07. The molecule has 0 aromatic heterocycles. The molecule has 0 radical (unpaired) electrons. The number of benzene rings is 1. The molecular weight excluding hydrogens is 276 g/mol. The van der Waals surface area contributed by atoms with Gasteiger partial charge in [-0.3, -0.25) is 4.79 Å². The molecule has 0 spiro atoms. The normalized spacial score (nSPS) is 20.0. The molecule has 0 aliphatic carbocycles. The van der Waals surface area contributed by atoms with Crippen LogP contribution in [-0.2, 0) is 21.2 Å². The smallest absolute Gasteiger partial charge is 0.229 e. The highest BCUT2D eigenvalue weighted by Crippen LogP contribution is 2.23. The highest BCUT2D eigenvalue weighted by molar-refractivity contribution is 7.90. The van der Waals surface area contributed by atoms with E-state index in [9.17, 15) is 13.2 Å². The Labute approximate surface area is 119 Å². The van der Waals surface area contributed by atoms with Gasteiger partial charge in [0.05, 0.1) is 11.7 Å². The van der Waals surface area contributed by atoms with Gasteiger partial charge < -0.3 is 10.6 Å². The zero-order valence-electron chi connectivity index (χ0n) is 11.7. The maximum Gasteiger partial charge on any atom is 0.229 e. The van der Waals surface area contributed by atoms with Crippen LogP contribution in [0.15, 0.2) is 24.3 Å². The fraction of sp³-hybridized carbons (Fsp3) is 0.500. The summed E-state index contributed by atoms with van der Waals surface area (Å²) in [6.07, 6.45) is 1.17. The van der Waals surface area contributed by atoms with Gasteiger partial charge in [-0.05, 0) is 18.1 Å². The lowest BCUT2D eigenvalue weighted by atomic mass is 9.90. The van der Waals surface area contributed by atoms with E-state index in [2.05, 4.69) is 10.6 Å². The summed E-state index contributed by atoms with van der Waals surface area (Å²) in [7, 11) is -3.09. The number of carbonyl (C=O) groups excluding carboxylic acids is 1. The topological polar surface area (TPSA) is 75.3 Å². The second-order valence-corrected chi connectivity index (χ2v) is 7.57. The van der Waals surface area contributed by atoms with Crippen LogP contribution in [0.4, 0.5) is 0 Å². The summed E-state index contributed by atoms with van der Waals surface area (Å²) in [5.41, 5.74) is 2.14. The summed E-state index contributed by atoms with van der Waals surface area (Å²) in [4.78, 5) is 12.3. The lowest BCUT2D eigenvalue weighted by Crippen LogP contribution is -2.44. The summed E-state index contributed by atoms with van der Waals surface area (Å²) >= 11 is 0. The van der Waals surface area contributed by atoms with Crippen molar-refractivity contribution in [2.45, 2.75) is 25.4 Å². The predicted molar refractivity (Wildman–Crippen MR) is 78.2 cm³/mol. The minimum atomic E-state index is -3.09. The Hall–Kier alpha value is -1.40. The van der Waals surface area contributed by atoms with Crippen molar-refractivity contribution in [3.05, 3.63) is 35.4 Å². The molecule has 1 heterocycles. The highest BCUT2D eigenvalue weighted by atomic mass is 32.2. The van der Waals surface area contributed by atoms with Gasteiger partial charge in [0.15, 0.2) is 0 Å². The minimum Gasteiger partial charge on any atom is -0.352 e. The van der Waals surface area contributed by atoms with Crippen LogP contribution in [0, 0.1) is 0 Å². The maximum atomic E-state index is 12.3. The van der Waals surface area contributed by atoms with Gasteiger partial charge in [-0.15, -0.1) is 0 Å². The minimum absolute atomic E-state index is 0.0411. The molecule has 5 nitrogen and oxygen atoms in total. The van der Waals surface area contributed by atoms with E-state index >= 15 is 0 Å².